The summed E-state index contributed by atoms with van der Waals surface area (Å²) in [4.78, 5) is 7.48. The van der Waals surface area contributed by atoms with Crippen LogP contribution in [0.3, 0.4) is 0 Å². The normalized spacial score (nSPS) is 20.9. The van der Waals surface area contributed by atoms with Crippen molar-refractivity contribution < 1.29 is 4.74 Å². The van der Waals surface area contributed by atoms with Crippen LogP contribution in [0.25, 0.3) is 16.9 Å². The van der Waals surface area contributed by atoms with Gasteiger partial charge >= 0.3 is 0 Å². The summed E-state index contributed by atoms with van der Waals surface area (Å²) < 4.78 is 8.29. The lowest BCUT2D eigenvalue weighted by Crippen LogP contribution is -2.46. The molecule has 2 aliphatic heterocycles. The van der Waals surface area contributed by atoms with E-state index in [4.69, 9.17) is 21.3 Å². The molecule has 2 aromatic heterocycles. The molecule has 2 fully saturated rings. The molecule has 0 aliphatic carbocycles. The van der Waals surface area contributed by atoms with E-state index in [2.05, 4.69) is 31.2 Å². The lowest BCUT2D eigenvalue weighted by Gasteiger charge is -2.40. The van der Waals surface area contributed by atoms with Crippen molar-refractivity contribution in [3.05, 3.63) is 46.0 Å². The van der Waals surface area contributed by atoms with Gasteiger partial charge in [0.15, 0.2) is 5.65 Å². The molecule has 4 heterocycles. The first-order valence-electron chi connectivity index (χ1n) is 11.0. The number of nitrogens with zero attached hydrogens (tertiary/aromatic N) is 4. The molecule has 1 aromatic carbocycles. The van der Waals surface area contributed by atoms with Crippen LogP contribution in [-0.4, -0.2) is 58.4 Å². The van der Waals surface area contributed by atoms with Crippen molar-refractivity contribution in [3.8, 4) is 11.3 Å². The third-order valence-electron chi connectivity index (χ3n) is 6.41. The van der Waals surface area contributed by atoms with Crippen LogP contribution in [0.5, 0.6) is 0 Å². The minimum absolute atomic E-state index is 0.613. The third kappa shape index (κ3) is 4.60. The molecule has 164 valence electrons. The van der Waals surface area contributed by atoms with Gasteiger partial charge in [0.2, 0.25) is 0 Å². The number of rotatable bonds is 5. The maximum Gasteiger partial charge on any atom is 0.172 e. The highest BCUT2D eigenvalue weighted by Crippen LogP contribution is 2.31. The van der Waals surface area contributed by atoms with E-state index in [1.165, 1.54) is 19.4 Å². The van der Waals surface area contributed by atoms with Crippen LogP contribution in [-0.2, 0) is 4.74 Å². The van der Waals surface area contributed by atoms with Crippen LogP contribution in [0.4, 0.5) is 5.82 Å². The number of halogens is 2. The predicted octanol–water partition coefficient (Wildman–Crippen LogP) is 5.12. The van der Waals surface area contributed by atoms with Crippen LogP contribution in [0.2, 0.25) is 5.02 Å². The van der Waals surface area contributed by atoms with Crippen molar-refractivity contribution in [2.24, 2.45) is 5.92 Å². The largest absolute Gasteiger partial charge is 0.381 e. The number of hydrogen-bond donors (Lipinski definition) is 1. The quantitative estimate of drug-likeness (QED) is 0.523. The second-order valence-corrected chi connectivity index (χ2v) is 9.72. The van der Waals surface area contributed by atoms with Crippen LogP contribution < -0.4 is 5.32 Å². The van der Waals surface area contributed by atoms with E-state index in [-0.39, 0.29) is 0 Å². The Morgan fingerprint density at radius 3 is 2.87 bits per heavy atom. The van der Waals surface area contributed by atoms with Crippen molar-refractivity contribution in [2.45, 2.75) is 31.7 Å². The van der Waals surface area contributed by atoms with Crippen molar-refractivity contribution in [3.63, 3.8) is 0 Å². The molecule has 6 nitrogen and oxygen atoms in total. The SMILES string of the molecule is Clc1ccccc1-c1cc(NCC2CCCN(C3CCOCC3)C2)n2ncc(Br)c2n1. The Morgan fingerprint density at radius 2 is 2.03 bits per heavy atom. The second-order valence-electron chi connectivity index (χ2n) is 8.46. The van der Waals surface area contributed by atoms with Crippen molar-refractivity contribution in [1.29, 1.82) is 0 Å². The minimum Gasteiger partial charge on any atom is -0.381 e. The molecular formula is C23H27BrClN5O. The maximum atomic E-state index is 6.46. The number of anilines is 1. The zero-order valence-electron chi connectivity index (χ0n) is 17.4. The fraction of sp³-hybridized carbons (Fsp3) is 0.478. The second kappa shape index (κ2) is 9.45. The molecule has 0 spiro atoms. The van der Waals surface area contributed by atoms with Crippen molar-refractivity contribution in [2.75, 3.05) is 38.2 Å². The molecule has 2 aliphatic rings. The number of benzene rings is 1. The number of fused-ring (bicyclic) bond motifs is 1. The summed E-state index contributed by atoms with van der Waals surface area (Å²) in [5.41, 5.74) is 2.55. The van der Waals surface area contributed by atoms with Gasteiger partial charge in [0.1, 0.15) is 5.82 Å². The molecule has 1 atom stereocenters. The first kappa shape index (κ1) is 21.2. The number of piperidine rings is 1. The molecular weight excluding hydrogens is 478 g/mol. The number of aromatic nitrogens is 3. The standard InChI is InChI=1S/C23H27BrClN5O/c24-19-14-27-30-22(12-21(28-23(19)30)18-5-1-2-6-20(18)25)26-13-16-4-3-9-29(15-16)17-7-10-31-11-8-17/h1-2,5-6,12,14,16-17,26H,3-4,7-11,13,15H2. The average Bonchev–Trinajstić information content (AvgIpc) is 3.19. The van der Waals surface area contributed by atoms with Gasteiger partial charge in [0, 0.05) is 49.0 Å². The number of hydrogen-bond acceptors (Lipinski definition) is 5. The van der Waals surface area contributed by atoms with E-state index in [1.54, 1.807) is 6.20 Å². The number of nitrogens with one attached hydrogen (secondary N) is 1. The van der Waals surface area contributed by atoms with Gasteiger partial charge in [0.05, 0.1) is 16.4 Å². The summed E-state index contributed by atoms with van der Waals surface area (Å²) in [6, 6.07) is 10.5. The Hall–Kier alpha value is -1.67. The van der Waals surface area contributed by atoms with Gasteiger partial charge in [-0.15, -0.1) is 0 Å². The highest BCUT2D eigenvalue weighted by Gasteiger charge is 2.27. The first-order chi connectivity index (χ1) is 15.2. The summed E-state index contributed by atoms with van der Waals surface area (Å²) >= 11 is 10.0. The molecule has 2 saturated heterocycles. The van der Waals surface area contributed by atoms with E-state index in [1.807, 2.05) is 34.8 Å². The first-order valence-corrected chi connectivity index (χ1v) is 12.2. The van der Waals surface area contributed by atoms with Gasteiger partial charge in [-0.25, -0.2) is 4.98 Å². The molecule has 0 bridgehead atoms. The maximum absolute atomic E-state index is 6.46. The fourth-order valence-corrected chi connectivity index (χ4v) is 5.34. The minimum atomic E-state index is 0.613. The van der Waals surface area contributed by atoms with E-state index in [0.717, 1.165) is 66.3 Å². The smallest absolute Gasteiger partial charge is 0.172 e. The summed E-state index contributed by atoms with van der Waals surface area (Å²) in [6.45, 7) is 5.07. The van der Waals surface area contributed by atoms with Gasteiger partial charge in [-0.1, -0.05) is 29.8 Å². The molecule has 1 N–H and O–H groups in total. The Balaban J connectivity index is 1.35. The van der Waals surface area contributed by atoms with Crippen LogP contribution in [0, 0.1) is 5.92 Å². The molecule has 5 rings (SSSR count). The van der Waals surface area contributed by atoms with Crippen LogP contribution in [0.15, 0.2) is 41.0 Å². The number of ether oxygens (including phenoxy) is 1. The van der Waals surface area contributed by atoms with E-state index >= 15 is 0 Å². The Kier molecular flexibility index (Phi) is 6.46. The van der Waals surface area contributed by atoms with Gasteiger partial charge in [-0.2, -0.15) is 9.61 Å². The Bertz CT molecular complexity index is 1050. The average molecular weight is 505 g/mol. The zero-order valence-corrected chi connectivity index (χ0v) is 19.8. The summed E-state index contributed by atoms with van der Waals surface area (Å²) in [6.07, 6.45) is 6.62. The summed E-state index contributed by atoms with van der Waals surface area (Å²) in [5, 5.41) is 8.88. The Morgan fingerprint density at radius 1 is 1.19 bits per heavy atom. The molecule has 31 heavy (non-hydrogen) atoms. The topological polar surface area (TPSA) is 54.7 Å². The lowest BCUT2D eigenvalue weighted by molar-refractivity contribution is 0.0190. The zero-order chi connectivity index (χ0) is 21.2. The van der Waals surface area contributed by atoms with Gasteiger partial charge in [-0.05, 0) is 60.1 Å². The predicted molar refractivity (Wildman–Crippen MR) is 128 cm³/mol. The summed E-state index contributed by atoms with van der Waals surface area (Å²) in [5.74, 6) is 1.55. The molecule has 1 unspecified atom stereocenters. The van der Waals surface area contributed by atoms with E-state index in [9.17, 15) is 0 Å². The molecule has 0 radical (unpaired) electrons. The van der Waals surface area contributed by atoms with Crippen molar-refractivity contribution >= 4 is 39.0 Å². The third-order valence-corrected chi connectivity index (χ3v) is 7.30. The highest BCUT2D eigenvalue weighted by molar-refractivity contribution is 9.10. The summed E-state index contributed by atoms with van der Waals surface area (Å²) in [7, 11) is 0. The lowest BCUT2D eigenvalue weighted by atomic mass is 9.94. The van der Waals surface area contributed by atoms with Gasteiger partial charge in [-0.3, -0.25) is 4.90 Å². The molecule has 0 amide bonds. The number of likely N-dealkylation sites (tertiary alicyclic amines) is 1. The van der Waals surface area contributed by atoms with Gasteiger partial charge < -0.3 is 10.1 Å². The van der Waals surface area contributed by atoms with E-state index < -0.39 is 0 Å². The molecule has 8 heteroatoms. The van der Waals surface area contributed by atoms with E-state index in [0.29, 0.717) is 17.0 Å². The fourth-order valence-electron chi connectivity index (χ4n) is 4.76. The molecule has 3 aromatic rings. The Labute approximate surface area is 196 Å². The molecule has 0 saturated carbocycles. The van der Waals surface area contributed by atoms with Crippen LogP contribution >= 0.6 is 27.5 Å². The monoisotopic (exact) mass is 503 g/mol. The van der Waals surface area contributed by atoms with Gasteiger partial charge in [0.25, 0.3) is 0 Å². The van der Waals surface area contributed by atoms with Crippen molar-refractivity contribution in [1.82, 2.24) is 19.5 Å². The van der Waals surface area contributed by atoms with Crippen LogP contribution in [0.1, 0.15) is 25.7 Å². The highest BCUT2D eigenvalue weighted by atomic mass is 79.9.